The fraction of sp³-hybridized carbons (Fsp3) is 0.200. The number of anilines is 1. The van der Waals surface area contributed by atoms with Crippen LogP contribution in [0.15, 0.2) is 42.5 Å². The molecule has 0 unspecified atom stereocenters. The summed E-state index contributed by atoms with van der Waals surface area (Å²) in [6.45, 7) is 1.17. The van der Waals surface area contributed by atoms with Gasteiger partial charge in [0, 0.05) is 24.8 Å². The van der Waals surface area contributed by atoms with E-state index in [-0.39, 0.29) is 11.6 Å². The molecule has 4 heteroatoms. The number of rotatable bonds is 5. The first-order chi connectivity index (χ1) is 9.22. The molecule has 2 aromatic carbocycles. The number of nitrogens with one attached hydrogen (secondary N) is 1. The molecule has 0 aliphatic rings. The van der Waals surface area contributed by atoms with E-state index in [0.717, 1.165) is 16.8 Å². The van der Waals surface area contributed by atoms with E-state index in [4.69, 9.17) is 10.5 Å². The van der Waals surface area contributed by atoms with Gasteiger partial charge in [0.05, 0.1) is 7.11 Å². The second-order valence-corrected chi connectivity index (χ2v) is 4.22. The highest BCUT2D eigenvalue weighted by atomic mass is 19.1. The minimum atomic E-state index is -0.369. The van der Waals surface area contributed by atoms with Crippen molar-refractivity contribution in [3.8, 4) is 5.75 Å². The highest BCUT2D eigenvalue weighted by molar-refractivity contribution is 5.47. The average Bonchev–Trinajstić information content (AvgIpc) is 2.46. The zero-order valence-electron chi connectivity index (χ0n) is 10.8. The van der Waals surface area contributed by atoms with Crippen LogP contribution < -0.4 is 15.8 Å². The largest absolute Gasteiger partial charge is 0.494 e. The van der Waals surface area contributed by atoms with E-state index in [1.165, 1.54) is 13.2 Å². The first kappa shape index (κ1) is 13.4. The van der Waals surface area contributed by atoms with Crippen molar-refractivity contribution in [2.45, 2.75) is 13.1 Å². The topological polar surface area (TPSA) is 47.3 Å². The third kappa shape index (κ3) is 3.45. The predicted molar refractivity (Wildman–Crippen MR) is 74.6 cm³/mol. The van der Waals surface area contributed by atoms with Gasteiger partial charge in [-0.3, -0.25) is 0 Å². The second kappa shape index (κ2) is 6.20. The third-order valence-corrected chi connectivity index (χ3v) is 2.91. The molecule has 0 fully saturated rings. The van der Waals surface area contributed by atoms with Crippen LogP contribution in [-0.4, -0.2) is 7.11 Å². The van der Waals surface area contributed by atoms with Gasteiger partial charge < -0.3 is 15.8 Å². The van der Waals surface area contributed by atoms with Gasteiger partial charge in [0.1, 0.15) is 0 Å². The molecule has 0 bridgehead atoms. The smallest absolute Gasteiger partial charge is 0.167 e. The van der Waals surface area contributed by atoms with Gasteiger partial charge in [-0.05, 0) is 23.3 Å². The Morgan fingerprint density at radius 1 is 1.11 bits per heavy atom. The summed E-state index contributed by atoms with van der Waals surface area (Å²) in [5.41, 5.74) is 8.48. The van der Waals surface area contributed by atoms with E-state index in [2.05, 4.69) is 5.32 Å². The lowest BCUT2D eigenvalue weighted by Gasteiger charge is -2.09. The zero-order chi connectivity index (χ0) is 13.7. The molecule has 0 aromatic heterocycles. The Morgan fingerprint density at radius 3 is 2.37 bits per heavy atom. The van der Waals surface area contributed by atoms with Crippen molar-refractivity contribution in [1.82, 2.24) is 0 Å². The molecule has 0 radical (unpaired) electrons. The lowest BCUT2D eigenvalue weighted by Crippen LogP contribution is -2.01. The lowest BCUT2D eigenvalue weighted by atomic mass is 10.1. The summed E-state index contributed by atoms with van der Waals surface area (Å²) < 4.78 is 18.4. The third-order valence-electron chi connectivity index (χ3n) is 2.91. The highest BCUT2D eigenvalue weighted by Crippen LogP contribution is 2.21. The van der Waals surface area contributed by atoms with E-state index in [0.29, 0.717) is 13.1 Å². The number of hydrogen-bond donors (Lipinski definition) is 2. The molecule has 0 saturated carbocycles. The van der Waals surface area contributed by atoms with Crippen molar-refractivity contribution in [1.29, 1.82) is 0 Å². The molecule has 0 aliphatic carbocycles. The number of halogens is 1. The Kier molecular flexibility index (Phi) is 4.36. The Hall–Kier alpha value is -2.07. The van der Waals surface area contributed by atoms with Gasteiger partial charge in [0.25, 0.3) is 0 Å². The van der Waals surface area contributed by atoms with Crippen LogP contribution in [0.5, 0.6) is 5.75 Å². The van der Waals surface area contributed by atoms with Crippen LogP contribution >= 0.6 is 0 Å². The highest BCUT2D eigenvalue weighted by Gasteiger charge is 2.03. The van der Waals surface area contributed by atoms with Crippen LogP contribution in [0.3, 0.4) is 0 Å². The van der Waals surface area contributed by atoms with E-state index in [1.54, 1.807) is 12.1 Å². The van der Waals surface area contributed by atoms with Crippen LogP contribution in [0.4, 0.5) is 10.1 Å². The molecule has 0 aliphatic heterocycles. The maximum absolute atomic E-state index is 13.5. The summed E-state index contributed by atoms with van der Waals surface area (Å²) in [6.07, 6.45) is 0. The van der Waals surface area contributed by atoms with Gasteiger partial charge in [-0.1, -0.05) is 24.3 Å². The molecule has 3 N–H and O–H groups in total. The molecular weight excluding hydrogens is 243 g/mol. The normalized spacial score (nSPS) is 10.3. The van der Waals surface area contributed by atoms with Crippen LogP contribution in [0.1, 0.15) is 11.1 Å². The maximum atomic E-state index is 13.5. The first-order valence-electron chi connectivity index (χ1n) is 6.08. The fourth-order valence-corrected chi connectivity index (χ4v) is 1.77. The molecule has 0 heterocycles. The summed E-state index contributed by atoms with van der Waals surface area (Å²) in [5.74, 6) is -0.121. The molecule has 0 spiro atoms. The molecule has 3 nitrogen and oxygen atoms in total. The van der Waals surface area contributed by atoms with Gasteiger partial charge in [0.15, 0.2) is 11.6 Å². The van der Waals surface area contributed by atoms with Gasteiger partial charge in [-0.15, -0.1) is 0 Å². The standard InChI is InChI=1S/C15H17FN2O/c1-19-15-7-6-13(8-14(15)16)18-10-12-4-2-11(9-17)3-5-12/h2-8,18H,9-10,17H2,1H3. The molecular formula is C15H17FN2O. The van der Waals surface area contributed by atoms with Crippen molar-refractivity contribution in [2.75, 3.05) is 12.4 Å². The summed E-state index contributed by atoms with van der Waals surface area (Å²) in [7, 11) is 1.45. The SMILES string of the molecule is COc1ccc(NCc2ccc(CN)cc2)cc1F. The van der Waals surface area contributed by atoms with Gasteiger partial charge in [-0.2, -0.15) is 0 Å². The molecule has 2 aromatic rings. The van der Waals surface area contributed by atoms with Gasteiger partial charge in [-0.25, -0.2) is 4.39 Å². The summed E-state index contributed by atoms with van der Waals surface area (Å²) in [4.78, 5) is 0. The van der Waals surface area contributed by atoms with Crippen LogP contribution in [0, 0.1) is 5.82 Å². The molecule has 0 saturated heterocycles. The molecule has 19 heavy (non-hydrogen) atoms. The van der Waals surface area contributed by atoms with Gasteiger partial charge >= 0.3 is 0 Å². The second-order valence-electron chi connectivity index (χ2n) is 4.22. The van der Waals surface area contributed by atoms with E-state index >= 15 is 0 Å². The average molecular weight is 260 g/mol. The van der Waals surface area contributed by atoms with E-state index < -0.39 is 0 Å². The Morgan fingerprint density at radius 2 is 1.79 bits per heavy atom. The zero-order valence-corrected chi connectivity index (χ0v) is 10.8. The van der Waals surface area contributed by atoms with Crippen LogP contribution in [0.25, 0.3) is 0 Å². The molecule has 0 atom stereocenters. The van der Waals surface area contributed by atoms with Gasteiger partial charge in [0.2, 0.25) is 0 Å². The molecule has 0 amide bonds. The van der Waals surface area contributed by atoms with Crippen molar-refractivity contribution in [2.24, 2.45) is 5.73 Å². The fourth-order valence-electron chi connectivity index (χ4n) is 1.77. The Balaban J connectivity index is 1.99. The van der Waals surface area contributed by atoms with E-state index in [9.17, 15) is 4.39 Å². The quantitative estimate of drug-likeness (QED) is 0.869. The Bertz CT molecular complexity index is 540. The van der Waals surface area contributed by atoms with Crippen molar-refractivity contribution >= 4 is 5.69 Å². The predicted octanol–water partition coefficient (Wildman–Crippen LogP) is 2.91. The molecule has 2 rings (SSSR count). The van der Waals surface area contributed by atoms with Crippen molar-refractivity contribution in [3.63, 3.8) is 0 Å². The number of methoxy groups -OCH3 is 1. The van der Waals surface area contributed by atoms with E-state index in [1.807, 2.05) is 24.3 Å². The first-order valence-corrected chi connectivity index (χ1v) is 6.08. The van der Waals surface area contributed by atoms with Crippen LogP contribution in [-0.2, 0) is 13.1 Å². The van der Waals surface area contributed by atoms with Crippen molar-refractivity contribution < 1.29 is 9.13 Å². The molecule has 100 valence electrons. The lowest BCUT2D eigenvalue weighted by molar-refractivity contribution is 0.386. The number of nitrogens with two attached hydrogens (primary N) is 1. The number of ether oxygens (including phenoxy) is 1. The van der Waals surface area contributed by atoms with Crippen molar-refractivity contribution in [3.05, 3.63) is 59.4 Å². The summed E-state index contributed by atoms with van der Waals surface area (Å²) >= 11 is 0. The minimum Gasteiger partial charge on any atom is -0.494 e. The summed E-state index contributed by atoms with van der Waals surface area (Å²) in [6, 6.07) is 12.8. The monoisotopic (exact) mass is 260 g/mol. The minimum absolute atomic E-state index is 0.248. The number of hydrogen-bond acceptors (Lipinski definition) is 3. The van der Waals surface area contributed by atoms with Crippen LogP contribution in [0.2, 0.25) is 0 Å². The number of benzene rings is 2. The Labute approximate surface area is 112 Å². The maximum Gasteiger partial charge on any atom is 0.167 e. The summed E-state index contributed by atoms with van der Waals surface area (Å²) in [5, 5.41) is 3.16.